The van der Waals surface area contributed by atoms with Gasteiger partial charge in [0.15, 0.2) is 0 Å². The number of ether oxygens (including phenoxy) is 1. The number of thiol groups is 1. The van der Waals surface area contributed by atoms with E-state index in [1.165, 1.54) is 18.4 Å². The molecule has 0 aliphatic heterocycles. The summed E-state index contributed by atoms with van der Waals surface area (Å²) in [6, 6.07) is 5.19. The van der Waals surface area contributed by atoms with Crippen LogP contribution in [0.4, 0.5) is 5.69 Å². The summed E-state index contributed by atoms with van der Waals surface area (Å²) in [4.78, 5) is 13.4. The maximum absolute atomic E-state index is 12.1. The Morgan fingerprint density at radius 3 is 2.74 bits per heavy atom. The summed E-state index contributed by atoms with van der Waals surface area (Å²) in [7, 11) is 1.54. The topological polar surface area (TPSA) is 38.3 Å². The van der Waals surface area contributed by atoms with Gasteiger partial charge in [0.1, 0.15) is 5.75 Å². The maximum atomic E-state index is 12.1. The number of amides is 1. The number of thiophene rings is 1. The van der Waals surface area contributed by atoms with Crippen molar-refractivity contribution in [2.45, 2.75) is 11.8 Å². The molecule has 2 aromatic rings. The molecule has 0 bridgehead atoms. The summed E-state index contributed by atoms with van der Waals surface area (Å²) in [5.41, 5.74) is 1.47. The summed E-state index contributed by atoms with van der Waals surface area (Å²) >= 11 is 11.5. The standard InChI is InChI=1S/C13H12ClNO2S2/c1-7-3-10(11(17-2)5-9(7)14)15-13(16)12-4-8(18)6-19-12/h3-6,18H,1-2H3,(H,15,16). The molecule has 0 unspecified atom stereocenters. The molecular formula is C13H12ClNO2S2. The summed E-state index contributed by atoms with van der Waals surface area (Å²) < 4.78 is 5.21. The van der Waals surface area contributed by atoms with E-state index in [2.05, 4.69) is 17.9 Å². The first-order valence-electron chi connectivity index (χ1n) is 5.44. The molecule has 1 aromatic heterocycles. The molecule has 0 aliphatic carbocycles. The van der Waals surface area contributed by atoms with Crippen molar-refractivity contribution in [2.75, 3.05) is 12.4 Å². The van der Waals surface area contributed by atoms with Crippen LogP contribution in [0.25, 0.3) is 0 Å². The quantitative estimate of drug-likeness (QED) is 0.831. The van der Waals surface area contributed by atoms with Crippen molar-refractivity contribution in [1.82, 2.24) is 0 Å². The van der Waals surface area contributed by atoms with Crippen LogP contribution in [0.1, 0.15) is 15.2 Å². The Labute approximate surface area is 126 Å². The van der Waals surface area contributed by atoms with Crippen LogP contribution in [0, 0.1) is 6.92 Å². The second-order valence-corrected chi connectivity index (χ2v) is 5.76. The normalized spacial score (nSPS) is 10.3. The third-order valence-corrected chi connectivity index (χ3v) is 4.31. The molecule has 3 nitrogen and oxygen atoms in total. The highest BCUT2D eigenvalue weighted by Crippen LogP contribution is 2.31. The number of anilines is 1. The molecule has 2 rings (SSSR count). The van der Waals surface area contributed by atoms with E-state index in [4.69, 9.17) is 16.3 Å². The zero-order chi connectivity index (χ0) is 14.0. The van der Waals surface area contributed by atoms with Gasteiger partial charge in [-0.2, -0.15) is 0 Å². The average Bonchev–Trinajstić information content (AvgIpc) is 2.80. The van der Waals surface area contributed by atoms with E-state index >= 15 is 0 Å². The highest BCUT2D eigenvalue weighted by Gasteiger charge is 2.13. The third kappa shape index (κ3) is 3.23. The number of carbonyl (C=O) groups is 1. The number of hydrogen-bond acceptors (Lipinski definition) is 4. The van der Waals surface area contributed by atoms with E-state index in [0.29, 0.717) is 21.3 Å². The fourth-order valence-electron chi connectivity index (χ4n) is 1.56. The first kappa shape index (κ1) is 14.2. The number of halogens is 1. The number of rotatable bonds is 3. The molecule has 0 aliphatic rings. The summed E-state index contributed by atoms with van der Waals surface area (Å²) in [5, 5.41) is 5.22. The fourth-order valence-corrected chi connectivity index (χ4v) is 2.76. The van der Waals surface area contributed by atoms with Gasteiger partial charge >= 0.3 is 0 Å². The van der Waals surface area contributed by atoms with Crippen molar-refractivity contribution in [3.05, 3.63) is 39.0 Å². The lowest BCUT2D eigenvalue weighted by molar-refractivity contribution is 0.103. The lowest BCUT2D eigenvalue weighted by Gasteiger charge is -2.11. The zero-order valence-electron chi connectivity index (χ0n) is 10.4. The van der Waals surface area contributed by atoms with Crippen molar-refractivity contribution >= 4 is 47.2 Å². The van der Waals surface area contributed by atoms with E-state index in [1.54, 1.807) is 18.2 Å². The predicted octanol–water partition coefficient (Wildman–Crippen LogP) is 4.26. The van der Waals surface area contributed by atoms with Gasteiger partial charge in [0.2, 0.25) is 0 Å². The first-order valence-corrected chi connectivity index (χ1v) is 7.14. The van der Waals surface area contributed by atoms with E-state index in [0.717, 1.165) is 10.5 Å². The van der Waals surface area contributed by atoms with Gasteiger partial charge in [0.05, 0.1) is 17.7 Å². The molecule has 0 atom stereocenters. The second-order valence-electron chi connectivity index (χ2n) is 3.92. The molecule has 100 valence electrons. The second kappa shape index (κ2) is 5.86. The van der Waals surface area contributed by atoms with E-state index in [1.807, 2.05) is 12.3 Å². The van der Waals surface area contributed by atoms with E-state index in [9.17, 15) is 4.79 Å². The highest BCUT2D eigenvalue weighted by molar-refractivity contribution is 7.80. The number of carbonyl (C=O) groups excluding carboxylic acids is 1. The van der Waals surface area contributed by atoms with Crippen molar-refractivity contribution in [3.8, 4) is 5.75 Å². The lowest BCUT2D eigenvalue weighted by atomic mass is 10.2. The first-order chi connectivity index (χ1) is 9.01. The molecule has 1 aromatic carbocycles. The minimum absolute atomic E-state index is 0.190. The van der Waals surface area contributed by atoms with Gasteiger partial charge < -0.3 is 10.1 Å². The van der Waals surface area contributed by atoms with Crippen molar-refractivity contribution < 1.29 is 9.53 Å². The number of nitrogens with one attached hydrogen (secondary N) is 1. The number of methoxy groups -OCH3 is 1. The monoisotopic (exact) mass is 313 g/mol. The van der Waals surface area contributed by atoms with Crippen LogP contribution in [0.15, 0.2) is 28.5 Å². The smallest absolute Gasteiger partial charge is 0.265 e. The minimum atomic E-state index is -0.190. The Balaban J connectivity index is 2.28. The van der Waals surface area contributed by atoms with Gasteiger partial charge in [-0.25, -0.2) is 0 Å². The Morgan fingerprint density at radius 2 is 2.16 bits per heavy atom. The molecule has 0 saturated carbocycles. The van der Waals surface area contributed by atoms with Gasteiger partial charge in [-0.15, -0.1) is 24.0 Å². The molecule has 0 saturated heterocycles. The largest absolute Gasteiger partial charge is 0.495 e. The van der Waals surface area contributed by atoms with Crippen LogP contribution in [-0.2, 0) is 0 Å². The fraction of sp³-hybridized carbons (Fsp3) is 0.154. The minimum Gasteiger partial charge on any atom is -0.495 e. The Bertz CT molecular complexity index is 625. The van der Waals surface area contributed by atoms with Gasteiger partial charge in [0, 0.05) is 21.4 Å². The summed E-state index contributed by atoms with van der Waals surface area (Å²) in [6.07, 6.45) is 0. The highest BCUT2D eigenvalue weighted by atomic mass is 35.5. The number of benzene rings is 1. The number of hydrogen-bond donors (Lipinski definition) is 2. The Kier molecular flexibility index (Phi) is 4.39. The van der Waals surface area contributed by atoms with Crippen LogP contribution in [-0.4, -0.2) is 13.0 Å². The molecule has 0 spiro atoms. The van der Waals surface area contributed by atoms with Crippen LogP contribution < -0.4 is 10.1 Å². The van der Waals surface area contributed by atoms with Gasteiger partial charge in [-0.1, -0.05) is 11.6 Å². The molecule has 1 N–H and O–H groups in total. The van der Waals surface area contributed by atoms with Crippen LogP contribution >= 0.6 is 35.6 Å². The van der Waals surface area contributed by atoms with E-state index in [-0.39, 0.29) is 5.91 Å². The SMILES string of the molecule is COc1cc(Cl)c(C)cc1NC(=O)c1cc(S)cs1. The van der Waals surface area contributed by atoms with Gasteiger partial charge in [-0.3, -0.25) is 4.79 Å². The average molecular weight is 314 g/mol. The van der Waals surface area contributed by atoms with Crippen molar-refractivity contribution in [2.24, 2.45) is 0 Å². The summed E-state index contributed by atoms with van der Waals surface area (Å²) in [5.74, 6) is 0.344. The predicted molar refractivity (Wildman–Crippen MR) is 82.3 cm³/mol. The maximum Gasteiger partial charge on any atom is 0.265 e. The molecule has 0 radical (unpaired) electrons. The van der Waals surface area contributed by atoms with Crippen molar-refractivity contribution in [3.63, 3.8) is 0 Å². The molecular weight excluding hydrogens is 302 g/mol. The molecule has 1 amide bonds. The Hall–Kier alpha value is -1.17. The van der Waals surface area contributed by atoms with Crippen LogP contribution in [0.2, 0.25) is 5.02 Å². The summed E-state index contributed by atoms with van der Waals surface area (Å²) in [6.45, 7) is 1.87. The molecule has 0 fully saturated rings. The number of aryl methyl sites for hydroxylation is 1. The Morgan fingerprint density at radius 1 is 1.42 bits per heavy atom. The third-order valence-electron chi connectivity index (χ3n) is 2.54. The van der Waals surface area contributed by atoms with Gasteiger partial charge in [-0.05, 0) is 24.6 Å². The van der Waals surface area contributed by atoms with Crippen molar-refractivity contribution in [1.29, 1.82) is 0 Å². The molecule has 6 heteroatoms. The molecule has 1 heterocycles. The van der Waals surface area contributed by atoms with Crippen LogP contribution in [0.5, 0.6) is 5.75 Å². The lowest BCUT2D eigenvalue weighted by Crippen LogP contribution is -2.11. The van der Waals surface area contributed by atoms with Crippen LogP contribution in [0.3, 0.4) is 0 Å². The zero-order valence-corrected chi connectivity index (χ0v) is 12.8. The van der Waals surface area contributed by atoms with Gasteiger partial charge in [0.25, 0.3) is 5.91 Å². The van der Waals surface area contributed by atoms with E-state index < -0.39 is 0 Å². The molecule has 19 heavy (non-hydrogen) atoms.